The van der Waals surface area contributed by atoms with E-state index in [9.17, 15) is 82.1 Å². The molecule has 0 spiro atoms. The van der Waals surface area contributed by atoms with Crippen molar-refractivity contribution < 1.29 is 106 Å². The van der Waals surface area contributed by atoms with E-state index in [1.165, 1.54) is 113 Å². The minimum atomic E-state index is -4.58. The Kier molecular flexibility index (Phi) is 26.0. The van der Waals surface area contributed by atoms with Crippen LogP contribution in [0.15, 0.2) is 126 Å². The van der Waals surface area contributed by atoms with Crippen LogP contribution >= 0.6 is 23.2 Å². The molecule has 0 unspecified atom stereocenters. The van der Waals surface area contributed by atoms with Crippen molar-refractivity contribution in [1.82, 2.24) is 13.7 Å². The third-order valence-electron chi connectivity index (χ3n) is 14.2. The van der Waals surface area contributed by atoms with Crippen LogP contribution in [-0.4, -0.2) is 97.6 Å². The van der Waals surface area contributed by atoms with Gasteiger partial charge in [0.25, 0.3) is 0 Å². The van der Waals surface area contributed by atoms with Gasteiger partial charge in [-0.1, -0.05) is 96.0 Å². The number of ether oxygens (including phenoxy) is 3. The highest BCUT2D eigenvalue weighted by atomic mass is 35.5. The Morgan fingerprint density at radius 2 is 0.817 bits per heavy atom. The van der Waals surface area contributed by atoms with E-state index in [0.717, 1.165) is 24.3 Å². The summed E-state index contributed by atoms with van der Waals surface area (Å²) in [6.45, 7) is 10.6. The van der Waals surface area contributed by atoms with Gasteiger partial charge in [-0.2, -0.15) is 52.7 Å². The number of carboxylic acid groups (broad SMARTS) is 1. The van der Waals surface area contributed by atoms with Gasteiger partial charge in [0.15, 0.2) is 0 Å². The number of halogens is 14. The van der Waals surface area contributed by atoms with E-state index in [1.807, 2.05) is 0 Å². The van der Waals surface area contributed by atoms with Gasteiger partial charge in [-0.15, -0.1) is 0 Å². The first-order valence-electron chi connectivity index (χ1n) is 28.2. The van der Waals surface area contributed by atoms with Gasteiger partial charge in [0.2, 0.25) is 0 Å². The summed E-state index contributed by atoms with van der Waals surface area (Å²) >= 11 is 12.3. The third-order valence-corrected chi connectivity index (χ3v) is 15.0. The molecule has 3 aromatic heterocycles. The van der Waals surface area contributed by atoms with Crippen molar-refractivity contribution in [2.75, 3.05) is 39.6 Å². The second kappa shape index (κ2) is 32.0. The number of rotatable bonds is 17. The molecule has 0 saturated carbocycles. The lowest BCUT2D eigenvalue weighted by molar-refractivity contribution is -0.138. The topological polar surface area (TPSA) is 192 Å². The highest BCUT2D eigenvalue weighted by molar-refractivity contribution is 6.34. The molecule has 1 aliphatic rings. The van der Waals surface area contributed by atoms with Crippen LogP contribution in [0.5, 0.6) is 0 Å². The van der Waals surface area contributed by atoms with Gasteiger partial charge in [0.05, 0.1) is 95.7 Å². The Balaban J connectivity index is 0.000000225. The first-order valence-corrected chi connectivity index (χ1v) is 28.9. The minimum absolute atomic E-state index is 0.00365. The van der Waals surface area contributed by atoms with E-state index in [-0.39, 0.29) is 149 Å². The average molecular weight is 1360 g/mol. The molecule has 4 N–H and O–H groups in total. The number of hydrogen-bond donors (Lipinski definition) is 4. The molecule has 0 bridgehead atoms. The molecule has 0 amide bonds. The number of aromatic nitrogens is 3. The largest absolute Gasteiger partial charge is 0.478 e. The fraction of sp³-hybridized carbons (Fsp3) is 0.323. The van der Waals surface area contributed by atoms with E-state index in [4.69, 9.17) is 47.6 Å². The van der Waals surface area contributed by atoms with Crippen LogP contribution in [0.4, 0.5) is 52.7 Å². The Morgan fingerprint density at radius 3 is 1.20 bits per heavy atom. The van der Waals surface area contributed by atoms with Crippen molar-refractivity contribution in [2.45, 2.75) is 99.2 Å². The lowest BCUT2D eigenvalue weighted by Crippen LogP contribution is -2.10. The van der Waals surface area contributed by atoms with Gasteiger partial charge in [-0.3, -0.25) is 0 Å². The smallest absolute Gasteiger partial charge is 0.417 e. The second-order valence-corrected chi connectivity index (χ2v) is 20.9. The molecule has 3 heterocycles. The molecule has 502 valence electrons. The molecule has 14 nitrogen and oxygen atoms in total. The van der Waals surface area contributed by atoms with Gasteiger partial charge in [-0.25, -0.2) is 19.2 Å². The summed E-state index contributed by atoms with van der Waals surface area (Å²) in [6, 6.07) is 20.4. The standard InChI is InChI=1S/C17H17ClF3NO3.C17H18F3NO3.C16H14ClF3O2.C15H14F3NO3/c1-3-25-16(24)13-10(2)14(22(8-9-23)15(13)18)11-6-4-5-7-12(11)17(19,20)21;1-3-24-16(23)13-10-21(8-9-22)15(11(13)2)12-6-4-5-7-14(12)17(18,19)20;1-3-22-15(21)14-9(2)11(8-13(14)17)10-6-4-5-7-12(10)16(18,19)20;1-9-11(14(21)22)8-19(6-7-20)13(9)10-4-2-3-5-12(10)15(16,17)18/h4-7,23H,3,8-9H2,1-2H3;4-7,10,22H,3,8-9H2,1-2H3;4-7H,3,8H2,1-2H3;2-5,8,20H,6-7H2,1H3,(H,21,22). The summed E-state index contributed by atoms with van der Waals surface area (Å²) in [5.74, 6) is -3.14. The summed E-state index contributed by atoms with van der Waals surface area (Å²) in [5.41, 5.74) is -0.880. The van der Waals surface area contributed by atoms with Crippen LogP contribution in [0.3, 0.4) is 0 Å². The summed E-state index contributed by atoms with van der Waals surface area (Å²) in [7, 11) is 0. The summed E-state index contributed by atoms with van der Waals surface area (Å²) in [5, 5.41) is 36.8. The number of benzene rings is 4. The first kappa shape index (κ1) is 75.4. The number of alkyl halides is 12. The molecule has 4 aromatic carbocycles. The van der Waals surface area contributed by atoms with Gasteiger partial charge in [-0.05, 0) is 106 Å². The quantitative estimate of drug-likeness (QED) is 0.0385. The molecule has 0 atom stereocenters. The fourth-order valence-electron chi connectivity index (χ4n) is 10.3. The van der Waals surface area contributed by atoms with Crippen molar-refractivity contribution in [2.24, 2.45) is 0 Å². The number of carbonyl (C=O) groups excluding carboxylic acids is 3. The Labute approximate surface area is 535 Å². The molecule has 0 saturated heterocycles. The van der Waals surface area contributed by atoms with Crippen molar-refractivity contribution in [3.05, 3.63) is 192 Å². The molecule has 1 aliphatic carbocycles. The maximum absolute atomic E-state index is 13.4. The van der Waals surface area contributed by atoms with Crippen LogP contribution in [0.1, 0.15) is 110 Å². The van der Waals surface area contributed by atoms with E-state index in [2.05, 4.69) is 0 Å². The van der Waals surface area contributed by atoms with E-state index in [0.29, 0.717) is 16.7 Å². The Morgan fingerprint density at radius 1 is 0.473 bits per heavy atom. The van der Waals surface area contributed by atoms with E-state index >= 15 is 0 Å². The van der Waals surface area contributed by atoms with Crippen LogP contribution in [-0.2, 0) is 63.3 Å². The zero-order valence-corrected chi connectivity index (χ0v) is 52.3. The molecule has 28 heteroatoms. The van der Waals surface area contributed by atoms with Crippen molar-refractivity contribution >= 4 is 52.7 Å². The minimum Gasteiger partial charge on any atom is -0.478 e. The summed E-state index contributed by atoms with van der Waals surface area (Å²) < 4.78 is 178. The van der Waals surface area contributed by atoms with Gasteiger partial charge < -0.3 is 48.3 Å². The average Bonchev–Trinajstić information content (AvgIpc) is 1.68. The van der Waals surface area contributed by atoms with Crippen LogP contribution in [0, 0.1) is 20.8 Å². The Hall–Kier alpha value is -8.30. The predicted octanol–water partition coefficient (Wildman–Crippen LogP) is 16.1. The van der Waals surface area contributed by atoms with Crippen LogP contribution < -0.4 is 0 Å². The molecule has 93 heavy (non-hydrogen) atoms. The maximum Gasteiger partial charge on any atom is 0.417 e. The highest BCUT2D eigenvalue weighted by Gasteiger charge is 2.40. The van der Waals surface area contributed by atoms with E-state index < -0.39 is 70.8 Å². The second-order valence-electron chi connectivity index (χ2n) is 20.1. The SMILES string of the molecule is CCOC(=O)C1=C(Cl)CC(c2ccccc2C(F)(F)F)=C1C.CCOC(=O)c1c(C)c(-c2ccccc2C(F)(F)F)n(CCO)c1Cl.CCOC(=O)c1cn(CCO)c(-c2ccccc2C(F)(F)F)c1C.Cc1c(C(=O)O)cn(CCO)c1-c1ccccc1C(F)(F)F. The lowest BCUT2D eigenvalue weighted by atomic mass is 9.95. The first-order chi connectivity index (χ1) is 43.6. The molecule has 8 rings (SSSR count). The third kappa shape index (κ3) is 17.7. The molecular formula is C65H63Cl2F12N3O11. The highest BCUT2D eigenvalue weighted by Crippen LogP contribution is 2.46. The maximum atomic E-state index is 13.4. The molecule has 7 aromatic rings. The normalized spacial score (nSPS) is 12.6. The van der Waals surface area contributed by atoms with Crippen molar-refractivity contribution in [3.63, 3.8) is 0 Å². The zero-order chi connectivity index (χ0) is 69.7. The summed E-state index contributed by atoms with van der Waals surface area (Å²) in [4.78, 5) is 47.3. The number of esters is 3. The van der Waals surface area contributed by atoms with Crippen molar-refractivity contribution in [1.29, 1.82) is 0 Å². The molecule has 0 radical (unpaired) electrons. The lowest BCUT2D eigenvalue weighted by Gasteiger charge is -2.16. The fourth-order valence-corrected chi connectivity index (χ4v) is 11.1. The molecule has 0 aliphatic heterocycles. The van der Waals surface area contributed by atoms with Gasteiger partial charge >= 0.3 is 48.6 Å². The molecular weight excluding hydrogens is 1300 g/mol. The van der Waals surface area contributed by atoms with Gasteiger partial charge in [0, 0.05) is 60.2 Å². The zero-order valence-electron chi connectivity index (χ0n) is 50.7. The number of aliphatic hydroxyl groups excluding tert-OH is 3. The number of carbonyl (C=O) groups is 4. The van der Waals surface area contributed by atoms with Crippen molar-refractivity contribution in [3.8, 4) is 33.8 Å². The Bertz CT molecular complexity index is 3890. The number of aliphatic hydroxyl groups is 3. The van der Waals surface area contributed by atoms with E-state index in [1.54, 1.807) is 34.6 Å². The molecule has 0 fully saturated rings. The van der Waals surface area contributed by atoms with Crippen LogP contribution in [0.2, 0.25) is 5.15 Å². The number of hydrogen-bond acceptors (Lipinski definition) is 10. The monoisotopic (exact) mass is 1360 g/mol. The van der Waals surface area contributed by atoms with Crippen LogP contribution in [0.25, 0.3) is 39.3 Å². The number of allylic oxidation sites excluding steroid dienone is 2. The summed E-state index contributed by atoms with van der Waals surface area (Å²) in [6.07, 6.45) is -15.4. The predicted molar refractivity (Wildman–Crippen MR) is 322 cm³/mol. The number of nitrogens with zero attached hydrogens (tertiary/aromatic N) is 3. The number of carboxylic acids is 1. The number of aromatic carboxylic acids is 1. The van der Waals surface area contributed by atoms with Gasteiger partial charge in [0.1, 0.15) is 10.7 Å².